The Bertz CT molecular complexity index is 482. The molecule has 1 heterocycles. The van der Waals surface area contributed by atoms with Gasteiger partial charge in [-0.05, 0) is 30.5 Å². The molecule has 2 amide bonds. The van der Waals surface area contributed by atoms with Crippen molar-refractivity contribution in [2.24, 2.45) is 5.92 Å². The Balaban J connectivity index is 0.00000116. The van der Waals surface area contributed by atoms with Crippen molar-refractivity contribution in [3.63, 3.8) is 0 Å². The van der Waals surface area contributed by atoms with Crippen LogP contribution in [-0.2, 0) is 16.1 Å². The molecule has 4 nitrogen and oxygen atoms in total. The number of carbonyl (C=O) groups is 2. The molecule has 1 aliphatic heterocycles. The lowest BCUT2D eigenvalue weighted by atomic mass is 9.92. The number of piperidine rings is 1. The smallest absolute Gasteiger partial charge is 0.232 e. The fourth-order valence-electron chi connectivity index (χ4n) is 2.60. The van der Waals surface area contributed by atoms with E-state index in [2.05, 4.69) is 6.92 Å². The lowest BCUT2D eigenvalue weighted by Crippen LogP contribution is -2.44. The van der Waals surface area contributed by atoms with Gasteiger partial charge in [-0.15, -0.1) is 0 Å². The number of carbonyl (C=O) groups excluding carboxylic acids is 2. The van der Waals surface area contributed by atoms with Crippen molar-refractivity contribution < 1.29 is 14.3 Å². The third-order valence-corrected chi connectivity index (χ3v) is 3.76. The van der Waals surface area contributed by atoms with E-state index in [1.807, 2.05) is 38.1 Å². The topological polar surface area (TPSA) is 46.6 Å². The largest absolute Gasteiger partial charge is 0.497 e. The van der Waals surface area contributed by atoms with E-state index in [9.17, 15) is 9.59 Å². The fourth-order valence-corrected chi connectivity index (χ4v) is 2.60. The molecular weight excluding hydrogens is 278 g/mol. The minimum absolute atomic E-state index is 0.0101. The lowest BCUT2D eigenvalue weighted by molar-refractivity contribution is -0.152. The van der Waals surface area contributed by atoms with E-state index in [0.29, 0.717) is 19.4 Å². The molecule has 0 aromatic heterocycles. The summed E-state index contributed by atoms with van der Waals surface area (Å²) in [4.78, 5) is 25.7. The molecule has 2 rings (SSSR count). The third-order valence-electron chi connectivity index (χ3n) is 3.76. The molecule has 1 atom stereocenters. The van der Waals surface area contributed by atoms with Crippen molar-refractivity contribution in [1.29, 1.82) is 0 Å². The van der Waals surface area contributed by atoms with Crippen molar-refractivity contribution in [2.75, 3.05) is 7.11 Å². The monoisotopic (exact) mass is 305 g/mol. The number of amides is 2. The van der Waals surface area contributed by atoms with Gasteiger partial charge in [0.2, 0.25) is 11.8 Å². The summed E-state index contributed by atoms with van der Waals surface area (Å²) in [5.41, 5.74) is 0.949. The van der Waals surface area contributed by atoms with Crippen molar-refractivity contribution in [2.45, 2.75) is 53.0 Å². The summed E-state index contributed by atoms with van der Waals surface area (Å²) in [5.74, 6) is 0.710. The SMILES string of the molecule is CC.CCCC1CCC(=O)N(Cc2ccc(OC)cc2)C1=O. The number of hydrogen-bond acceptors (Lipinski definition) is 3. The maximum Gasteiger partial charge on any atom is 0.232 e. The molecule has 0 radical (unpaired) electrons. The molecule has 1 saturated heterocycles. The Kier molecular flexibility index (Phi) is 7.64. The first-order chi connectivity index (χ1) is 10.7. The second kappa shape index (κ2) is 9.23. The quantitative estimate of drug-likeness (QED) is 0.778. The molecular formula is C18H27NO3. The van der Waals surface area contributed by atoms with Gasteiger partial charge in [0.25, 0.3) is 0 Å². The van der Waals surface area contributed by atoms with E-state index in [1.54, 1.807) is 7.11 Å². The van der Waals surface area contributed by atoms with Crippen LogP contribution in [0.4, 0.5) is 0 Å². The fraction of sp³-hybridized carbons (Fsp3) is 0.556. The number of nitrogens with zero attached hydrogens (tertiary/aromatic N) is 1. The molecule has 1 aliphatic rings. The minimum Gasteiger partial charge on any atom is -0.497 e. The van der Waals surface area contributed by atoms with Gasteiger partial charge in [-0.25, -0.2) is 0 Å². The summed E-state index contributed by atoms with van der Waals surface area (Å²) in [6, 6.07) is 7.47. The Morgan fingerprint density at radius 2 is 1.82 bits per heavy atom. The number of benzene rings is 1. The standard InChI is InChI=1S/C16H21NO3.C2H6/c1-3-4-13-7-10-15(18)17(16(13)19)11-12-5-8-14(20-2)9-6-12;1-2/h5-6,8-9,13H,3-4,7,10-11H2,1-2H3;1-2H3. The molecule has 0 N–H and O–H groups in total. The highest BCUT2D eigenvalue weighted by Gasteiger charge is 2.33. The van der Waals surface area contributed by atoms with Crippen molar-refractivity contribution in [1.82, 2.24) is 4.90 Å². The average Bonchev–Trinajstić information content (AvgIpc) is 2.57. The van der Waals surface area contributed by atoms with Crippen LogP contribution in [0.15, 0.2) is 24.3 Å². The normalized spacial score (nSPS) is 17.8. The predicted octanol–water partition coefficient (Wildman–Crippen LogP) is 3.79. The van der Waals surface area contributed by atoms with Crippen LogP contribution >= 0.6 is 0 Å². The summed E-state index contributed by atoms with van der Waals surface area (Å²) in [6.07, 6.45) is 3.02. The van der Waals surface area contributed by atoms with Crippen LogP contribution in [0.3, 0.4) is 0 Å². The highest BCUT2D eigenvalue weighted by atomic mass is 16.5. The molecule has 4 heteroatoms. The van der Waals surface area contributed by atoms with Gasteiger partial charge in [0.15, 0.2) is 0 Å². The molecule has 1 unspecified atom stereocenters. The van der Waals surface area contributed by atoms with Crippen LogP contribution in [0.5, 0.6) is 5.75 Å². The average molecular weight is 305 g/mol. The number of rotatable bonds is 5. The highest BCUT2D eigenvalue weighted by molar-refractivity contribution is 5.98. The van der Waals surface area contributed by atoms with Crippen molar-refractivity contribution >= 4 is 11.8 Å². The Labute approximate surface area is 133 Å². The zero-order chi connectivity index (χ0) is 16.5. The second-order valence-electron chi connectivity index (χ2n) is 5.19. The Morgan fingerprint density at radius 3 is 2.36 bits per heavy atom. The van der Waals surface area contributed by atoms with E-state index in [4.69, 9.17) is 4.74 Å². The minimum atomic E-state index is -0.0572. The Morgan fingerprint density at radius 1 is 1.18 bits per heavy atom. The van der Waals surface area contributed by atoms with Crippen LogP contribution in [0, 0.1) is 5.92 Å². The zero-order valence-electron chi connectivity index (χ0n) is 14.1. The third kappa shape index (κ3) is 4.58. The molecule has 0 spiro atoms. The van der Waals surface area contributed by atoms with Gasteiger partial charge in [-0.3, -0.25) is 14.5 Å². The van der Waals surface area contributed by atoms with Crippen LogP contribution in [-0.4, -0.2) is 23.8 Å². The molecule has 0 aliphatic carbocycles. The molecule has 1 aromatic carbocycles. The predicted molar refractivity (Wildman–Crippen MR) is 87.5 cm³/mol. The number of imide groups is 1. The summed E-state index contributed by atoms with van der Waals surface area (Å²) in [7, 11) is 1.61. The first kappa shape index (κ1) is 18.2. The summed E-state index contributed by atoms with van der Waals surface area (Å²) in [6.45, 7) is 6.43. The van der Waals surface area contributed by atoms with Gasteiger partial charge in [0.05, 0.1) is 13.7 Å². The van der Waals surface area contributed by atoms with Gasteiger partial charge in [-0.2, -0.15) is 0 Å². The zero-order valence-corrected chi connectivity index (χ0v) is 14.1. The maximum atomic E-state index is 12.3. The van der Waals surface area contributed by atoms with Gasteiger partial charge >= 0.3 is 0 Å². The molecule has 1 fully saturated rings. The van der Waals surface area contributed by atoms with Gasteiger partial charge in [-0.1, -0.05) is 39.3 Å². The van der Waals surface area contributed by atoms with Crippen LogP contribution in [0.2, 0.25) is 0 Å². The number of hydrogen-bond donors (Lipinski definition) is 0. The molecule has 0 bridgehead atoms. The van der Waals surface area contributed by atoms with Crippen molar-refractivity contribution in [3.8, 4) is 5.75 Å². The van der Waals surface area contributed by atoms with E-state index < -0.39 is 0 Å². The number of methoxy groups -OCH3 is 1. The van der Waals surface area contributed by atoms with Crippen LogP contribution in [0.1, 0.15) is 52.0 Å². The summed E-state index contributed by atoms with van der Waals surface area (Å²) in [5, 5.41) is 0. The lowest BCUT2D eigenvalue weighted by Gasteiger charge is -2.30. The molecule has 22 heavy (non-hydrogen) atoms. The molecule has 0 saturated carbocycles. The number of ether oxygens (including phenoxy) is 1. The van der Waals surface area contributed by atoms with E-state index in [-0.39, 0.29) is 17.7 Å². The summed E-state index contributed by atoms with van der Waals surface area (Å²) < 4.78 is 5.10. The van der Waals surface area contributed by atoms with Crippen molar-refractivity contribution in [3.05, 3.63) is 29.8 Å². The second-order valence-corrected chi connectivity index (χ2v) is 5.19. The van der Waals surface area contributed by atoms with E-state index in [1.165, 1.54) is 4.90 Å². The molecule has 1 aromatic rings. The van der Waals surface area contributed by atoms with Gasteiger partial charge in [0.1, 0.15) is 5.75 Å². The maximum absolute atomic E-state index is 12.3. The summed E-state index contributed by atoms with van der Waals surface area (Å²) >= 11 is 0. The first-order valence-corrected chi connectivity index (χ1v) is 8.12. The first-order valence-electron chi connectivity index (χ1n) is 8.12. The van der Waals surface area contributed by atoms with Gasteiger partial charge in [0, 0.05) is 12.3 Å². The van der Waals surface area contributed by atoms with E-state index in [0.717, 1.165) is 24.2 Å². The Hall–Kier alpha value is -1.84. The number of likely N-dealkylation sites (tertiary alicyclic amines) is 1. The molecule has 122 valence electrons. The van der Waals surface area contributed by atoms with Crippen LogP contribution < -0.4 is 4.74 Å². The van der Waals surface area contributed by atoms with Gasteiger partial charge < -0.3 is 4.74 Å². The van der Waals surface area contributed by atoms with Crippen LogP contribution in [0.25, 0.3) is 0 Å². The van der Waals surface area contributed by atoms with E-state index >= 15 is 0 Å². The highest BCUT2D eigenvalue weighted by Crippen LogP contribution is 2.25.